The lowest BCUT2D eigenvalue weighted by Crippen LogP contribution is -2.45. The van der Waals surface area contributed by atoms with Gasteiger partial charge in [0.25, 0.3) is 0 Å². The third-order valence-corrected chi connectivity index (χ3v) is 3.28. The smallest absolute Gasteiger partial charge is 0.0672 e. The van der Waals surface area contributed by atoms with Gasteiger partial charge in [0.1, 0.15) is 0 Å². The van der Waals surface area contributed by atoms with Gasteiger partial charge in [0.15, 0.2) is 0 Å². The number of hydrogen-bond donors (Lipinski definition) is 1. The van der Waals surface area contributed by atoms with Gasteiger partial charge in [-0.2, -0.15) is 5.26 Å². The summed E-state index contributed by atoms with van der Waals surface area (Å²) in [7, 11) is 2.13. The van der Waals surface area contributed by atoms with E-state index < -0.39 is 0 Å². The molecule has 3 atom stereocenters. The Morgan fingerprint density at radius 3 is 2.86 bits per heavy atom. The van der Waals surface area contributed by atoms with Gasteiger partial charge in [0.2, 0.25) is 0 Å². The summed E-state index contributed by atoms with van der Waals surface area (Å²) in [5.74, 6) is 0.546. The molecule has 1 aliphatic heterocycles. The molecule has 80 valence electrons. The van der Waals surface area contributed by atoms with E-state index in [0.717, 1.165) is 13.0 Å². The minimum atomic E-state index is 0.0338. The summed E-state index contributed by atoms with van der Waals surface area (Å²) in [4.78, 5) is 2.32. The molecule has 0 radical (unpaired) electrons. The van der Waals surface area contributed by atoms with Crippen molar-refractivity contribution in [3.05, 3.63) is 0 Å². The van der Waals surface area contributed by atoms with Crippen LogP contribution in [0.15, 0.2) is 0 Å². The normalized spacial score (nSPS) is 28.0. The number of nitrogens with two attached hydrogens (primary N) is 1. The summed E-state index contributed by atoms with van der Waals surface area (Å²) < 4.78 is 0. The van der Waals surface area contributed by atoms with E-state index in [0.29, 0.717) is 5.92 Å². The Bertz CT molecular complexity index is 209. The number of piperidine rings is 1. The Hall–Kier alpha value is -0.590. The molecule has 0 aromatic heterocycles. The predicted molar refractivity (Wildman–Crippen MR) is 57.6 cm³/mol. The van der Waals surface area contributed by atoms with E-state index in [4.69, 9.17) is 11.0 Å². The molecule has 0 spiro atoms. The number of likely N-dealkylation sites (tertiary alicyclic amines) is 1. The Labute approximate surface area is 86.9 Å². The topological polar surface area (TPSA) is 53.1 Å². The van der Waals surface area contributed by atoms with Gasteiger partial charge in [-0.3, -0.25) is 0 Å². The second-order valence-electron chi connectivity index (χ2n) is 4.39. The molecule has 3 heteroatoms. The molecule has 0 bridgehead atoms. The monoisotopic (exact) mass is 195 g/mol. The quantitative estimate of drug-likeness (QED) is 0.736. The van der Waals surface area contributed by atoms with E-state index in [1.54, 1.807) is 0 Å². The summed E-state index contributed by atoms with van der Waals surface area (Å²) in [5.41, 5.74) is 6.13. The number of rotatable bonds is 3. The zero-order valence-corrected chi connectivity index (χ0v) is 9.24. The Morgan fingerprint density at radius 2 is 2.36 bits per heavy atom. The van der Waals surface area contributed by atoms with Crippen LogP contribution in [0, 0.1) is 23.2 Å². The highest BCUT2D eigenvalue weighted by atomic mass is 15.1. The Morgan fingerprint density at radius 1 is 1.64 bits per heavy atom. The minimum Gasteiger partial charge on any atom is -0.326 e. The maximum absolute atomic E-state index is 8.95. The standard InChI is InChI=1S/C11H21N3/c1-3-9(7-12)11(13)10-5-4-6-14(2)8-10/h9-11H,3-6,8,13H2,1-2H3. The fourth-order valence-electron chi connectivity index (χ4n) is 2.30. The maximum Gasteiger partial charge on any atom is 0.0672 e. The number of nitrogens with zero attached hydrogens (tertiary/aromatic N) is 2. The van der Waals surface area contributed by atoms with Crippen LogP contribution in [-0.2, 0) is 0 Å². The van der Waals surface area contributed by atoms with Gasteiger partial charge in [-0.1, -0.05) is 6.92 Å². The average molecular weight is 195 g/mol. The van der Waals surface area contributed by atoms with E-state index in [9.17, 15) is 0 Å². The highest BCUT2D eigenvalue weighted by Gasteiger charge is 2.28. The predicted octanol–water partition coefficient (Wildman–Crippen LogP) is 1.21. The second-order valence-corrected chi connectivity index (χ2v) is 4.39. The first-order valence-electron chi connectivity index (χ1n) is 5.52. The van der Waals surface area contributed by atoms with Crippen molar-refractivity contribution in [2.75, 3.05) is 20.1 Å². The van der Waals surface area contributed by atoms with E-state index in [1.165, 1.54) is 19.4 Å². The van der Waals surface area contributed by atoms with Crippen LogP contribution in [0.5, 0.6) is 0 Å². The van der Waals surface area contributed by atoms with Crippen LogP contribution in [-0.4, -0.2) is 31.1 Å². The largest absolute Gasteiger partial charge is 0.326 e. The van der Waals surface area contributed by atoms with Crippen molar-refractivity contribution >= 4 is 0 Å². The minimum absolute atomic E-state index is 0.0338. The molecule has 0 saturated carbocycles. The first-order valence-corrected chi connectivity index (χ1v) is 5.52. The molecule has 3 unspecified atom stereocenters. The molecule has 14 heavy (non-hydrogen) atoms. The SMILES string of the molecule is CCC(C#N)C(N)C1CCCN(C)C1. The van der Waals surface area contributed by atoms with Gasteiger partial charge in [-0.25, -0.2) is 0 Å². The van der Waals surface area contributed by atoms with Crippen molar-refractivity contribution in [3.63, 3.8) is 0 Å². The molecule has 0 amide bonds. The molecule has 2 N–H and O–H groups in total. The third kappa shape index (κ3) is 2.70. The van der Waals surface area contributed by atoms with E-state index >= 15 is 0 Å². The fourth-order valence-corrected chi connectivity index (χ4v) is 2.30. The van der Waals surface area contributed by atoms with Crippen molar-refractivity contribution in [2.45, 2.75) is 32.2 Å². The molecule has 0 aromatic carbocycles. The molecule has 1 fully saturated rings. The molecule has 0 aliphatic carbocycles. The van der Waals surface area contributed by atoms with Crippen LogP contribution >= 0.6 is 0 Å². The molecule has 1 rings (SSSR count). The number of nitriles is 1. The third-order valence-electron chi connectivity index (χ3n) is 3.28. The Balaban J connectivity index is 2.50. The summed E-state index contributed by atoms with van der Waals surface area (Å²) in [5, 5.41) is 8.95. The molecule has 1 aliphatic rings. The Kier molecular flexibility index (Phi) is 4.37. The van der Waals surface area contributed by atoms with Gasteiger partial charge in [0.05, 0.1) is 12.0 Å². The second kappa shape index (κ2) is 5.33. The summed E-state index contributed by atoms with van der Waals surface area (Å²) >= 11 is 0. The average Bonchev–Trinajstić information content (AvgIpc) is 2.19. The summed E-state index contributed by atoms with van der Waals surface area (Å²) in [6.45, 7) is 4.27. The van der Waals surface area contributed by atoms with Gasteiger partial charge in [-0.15, -0.1) is 0 Å². The van der Waals surface area contributed by atoms with Gasteiger partial charge in [0, 0.05) is 12.6 Å². The zero-order valence-electron chi connectivity index (χ0n) is 9.24. The van der Waals surface area contributed by atoms with E-state index in [2.05, 4.69) is 18.0 Å². The van der Waals surface area contributed by atoms with Crippen molar-refractivity contribution in [1.29, 1.82) is 5.26 Å². The number of hydrogen-bond acceptors (Lipinski definition) is 3. The molecule has 0 aromatic rings. The lowest BCUT2D eigenvalue weighted by molar-refractivity contribution is 0.172. The molecular weight excluding hydrogens is 174 g/mol. The zero-order chi connectivity index (χ0) is 10.6. The van der Waals surface area contributed by atoms with Crippen molar-refractivity contribution < 1.29 is 0 Å². The van der Waals surface area contributed by atoms with Crippen LogP contribution in [0.25, 0.3) is 0 Å². The molecular formula is C11H21N3. The first kappa shape index (κ1) is 11.5. The fraction of sp³-hybridized carbons (Fsp3) is 0.909. The van der Waals surface area contributed by atoms with Crippen LogP contribution in [0.2, 0.25) is 0 Å². The summed E-state index contributed by atoms with van der Waals surface area (Å²) in [6.07, 6.45) is 3.28. The highest BCUT2D eigenvalue weighted by Crippen LogP contribution is 2.22. The molecule has 1 heterocycles. The summed E-state index contributed by atoms with van der Waals surface area (Å²) in [6, 6.07) is 2.38. The van der Waals surface area contributed by atoms with Crippen molar-refractivity contribution in [3.8, 4) is 6.07 Å². The van der Waals surface area contributed by atoms with Crippen LogP contribution in [0.1, 0.15) is 26.2 Å². The lowest BCUT2D eigenvalue weighted by Gasteiger charge is -2.34. The van der Waals surface area contributed by atoms with E-state index in [-0.39, 0.29) is 12.0 Å². The van der Waals surface area contributed by atoms with Gasteiger partial charge < -0.3 is 10.6 Å². The van der Waals surface area contributed by atoms with Crippen LogP contribution < -0.4 is 5.73 Å². The van der Waals surface area contributed by atoms with Gasteiger partial charge in [-0.05, 0) is 38.8 Å². The van der Waals surface area contributed by atoms with Crippen molar-refractivity contribution in [2.24, 2.45) is 17.6 Å². The van der Waals surface area contributed by atoms with Gasteiger partial charge >= 0.3 is 0 Å². The van der Waals surface area contributed by atoms with Crippen molar-refractivity contribution in [1.82, 2.24) is 4.90 Å². The van der Waals surface area contributed by atoms with E-state index in [1.807, 2.05) is 6.92 Å². The lowest BCUT2D eigenvalue weighted by atomic mass is 9.83. The van der Waals surface area contributed by atoms with Crippen LogP contribution in [0.4, 0.5) is 0 Å². The first-order chi connectivity index (χ1) is 6.69. The van der Waals surface area contributed by atoms with Crippen LogP contribution in [0.3, 0.4) is 0 Å². The highest BCUT2D eigenvalue weighted by molar-refractivity contribution is 4.94. The molecule has 3 nitrogen and oxygen atoms in total. The maximum atomic E-state index is 8.95. The molecule has 1 saturated heterocycles.